The Hall–Kier alpha value is -3.64. The summed E-state index contributed by atoms with van der Waals surface area (Å²) < 4.78 is 35.5. The molecule has 0 saturated carbocycles. The highest BCUT2D eigenvalue weighted by molar-refractivity contribution is 7.85. The van der Waals surface area contributed by atoms with Crippen LogP contribution in [0.15, 0.2) is 140 Å². The van der Waals surface area contributed by atoms with Crippen LogP contribution in [-0.2, 0) is 9.13 Å². The summed E-state index contributed by atoms with van der Waals surface area (Å²) in [5, 5.41) is 3.44. The van der Waals surface area contributed by atoms with E-state index in [1.807, 2.05) is 140 Å². The van der Waals surface area contributed by atoms with Crippen LogP contribution in [0.1, 0.15) is 0 Å². The van der Waals surface area contributed by atoms with Gasteiger partial charge in [-0.25, -0.2) is 0 Å². The van der Waals surface area contributed by atoms with E-state index in [0.29, 0.717) is 22.1 Å². The molecule has 0 bridgehead atoms. The number of ether oxygens (including phenoxy) is 1. The molecule has 1 atom stereocenters. The van der Waals surface area contributed by atoms with Crippen LogP contribution < -0.4 is 31.3 Å². The fourth-order valence-corrected chi connectivity index (χ4v) is 9.07. The van der Waals surface area contributed by atoms with Crippen molar-refractivity contribution in [2.75, 3.05) is 6.66 Å². The number of rotatable bonds is 7. The summed E-state index contributed by atoms with van der Waals surface area (Å²) >= 11 is 0. The van der Waals surface area contributed by atoms with E-state index in [9.17, 15) is 9.13 Å². The molecule has 5 rings (SSSR count). The van der Waals surface area contributed by atoms with Crippen LogP contribution >= 0.6 is 14.3 Å². The van der Waals surface area contributed by atoms with Gasteiger partial charge in [-0.1, -0.05) is 115 Å². The average Bonchev–Trinajstić information content (AvgIpc) is 2.94. The number of benzene rings is 5. The quantitative estimate of drug-likeness (QED) is 0.251. The minimum atomic E-state index is -3.26. The summed E-state index contributed by atoms with van der Waals surface area (Å²) in [5.74, 6) is 0.973. The van der Waals surface area contributed by atoms with E-state index in [-0.39, 0.29) is 0 Å². The summed E-state index contributed by atoms with van der Waals surface area (Å²) in [7, 11) is -6.20. The van der Waals surface area contributed by atoms with Gasteiger partial charge in [-0.3, -0.25) is 0 Å². The molecule has 0 spiro atoms. The SMILES string of the molecule is CP(=O)(c1ccccc1)c1ccccc1Oc1ccccc1P(=O)(c1ccccc1)c1ccccc1. The Kier molecular flexibility index (Phi) is 6.79. The van der Waals surface area contributed by atoms with Crippen LogP contribution in [0.3, 0.4) is 0 Å². The topological polar surface area (TPSA) is 43.4 Å². The molecule has 0 fully saturated rings. The smallest absolute Gasteiger partial charge is 0.174 e. The summed E-state index contributed by atoms with van der Waals surface area (Å²) in [6, 6.07) is 43.3. The van der Waals surface area contributed by atoms with Gasteiger partial charge >= 0.3 is 0 Å². The monoisotopic (exact) mass is 508 g/mol. The number of hydrogen-bond donors (Lipinski definition) is 0. The summed E-state index contributed by atoms with van der Waals surface area (Å²) in [6.07, 6.45) is 0. The molecule has 0 heterocycles. The first-order valence-electron chi connectivity index (χ1n) is 11.7. The second-order valence-electron chi connectivity index (χ2n) is 8.58. The van der Waals surface area contributed by atoms with E-state index in [1.165, 1.54) is 0 Å². The third kappa shape index (κ3) is 4.49. The molecule has 0 aliphatic rings. The molecule has 1 unspecified atom stereocenters. The number of para-hydroxylation sites is 2. The fraction of sp³-hybridized carbons (Fsp3) is 0.0323. The minimum absolute atomic E-state index is 0.481. The molecular weight excluding hydrogens is 482 g/mol. The van der Waals surface area contributed by atoms with Gasteiger partial charge in [-0.2, -0.15) is 0 Å². The van der Waals surface area contributed by atoms with Crippen LogP contribution in [0.5, 0.6) is 11.5 Å². The van der Waals surface area contributed by atoms with Crippen molar-refractivity contribution in [1.29, 1.82) is 0 Å². The second kappa shape index (κ2) is 10.2. The summed E-state index contributed by atoms with van der Waals surface area (Å²) in [4.78, 5) is 0. The third-order valence-electron chi connectivity index (χ3n) is 6.24. The van der Waals surface area contributed by atoms with Crippen LogP contribution in [-0.4, -0.2) is 6.66 Å². The first-order chi connectivity index (χ1) is 17.5. The van der Waals surface area contributed by atoms with E-state index < -0.39 is 14.3 Å². The summed E-state index contributed by atoms with van der Waals surface area (Å²) in [6.45, 7) is 1.76. The molecule has 0 N–H and O–H groups in total. The molecule has 5 aromatic carbocycles. The van der Waals surface area contributed by atoms with Crippen LogP contribution in [0.2, 0.25) is 0 Å². The van der Waals surface area contributed by atoms with Crippen molar-refractivity contribution in [1.82, 2.24) is 0 Å². The molecule has 36 heavy (non-hydrogen) atoms. The number of hydrogen-bond acceptors (Lipinski definition) is 3. The van der Waals surface area contributed by atoms with E-state index >= 15 is 0 Å². The molecule has 5 aromatic rings. The van der Waals surface area contributed by atoms with E-state index in [0.717, 1.165) is 15.9 Å². The zero-order valence-corrected chi connectivity index (χ0v) is 21.7. The predicted octanol–water partition coefficient (Wildman–Crippen LogP) is 6.06. The first-order valence-corrected chi connectivity index (χ1v) is 15.6. The van der Waals surface area contributed by atoms with Gasteiger partial charge in [0, 0.05) is 15.9 Å². The van der Waals surface area contributed by atoms with Gasteiger partial charge in [0.05, 0.1) is 10.6 Å². The maximum absolute atomic E-state index is 15.0. The lowest BCUT2D eigenvalue weighted by atomic mass is 10.3. The largest absolute Gasteiger partial charge is 0.456 e. The molecule has 5 heteroatoms. The van der Waals surface area contributed by atoms with E-state index in [1.54, 1.807) is 6.66 Å². The van der Waals surface area contributed by atoms with Gasteiger partial charge in [-0.15, -0.1) is 0 Å². The van der Waals surface area contributed by atoms with Crippen LogP contribution in [0.25, 0.3) is 0 Å². The molecule has 0 aliphatic carbocycles. The molecule has 178 valence electrons. The highest BCUT2D eigenvalue weighted by Gasteiger charge is 2.33. The lowest BCUT2D eigenvalue weighted by Gasteiger charge is -2.24. The van der Waals surface area contributed by atoms with Crippen molar-refractivity contribution in [2.45, 2.75) is 0 Å². The van der Waals surface area contributed by atoms with Crippen molar-refractivity contribution in [3.05, 3.63) is 140 Å². The minimum Gasteiger partial charge on any atom is -0.456 e. The van der Waals surface area contributed by atoms with Gasteiger partial charge in [0.25, 0.3) is 0 Å². The van der Waals surface area contributed by atoms with E-state index in [4.69, 9.17) is 4.74 Å². The standard InChI is InChI=1S/C31H26O3P2/c1-35(32,25-15-5-2-6-16-25)30-23-13-11-21-28(30)34-29-22-12-14-24-31(29)36(33,26-17-7-3-8-18-26)27-19-9-4-10-20-27/h2-24H,1H3. The second-order valence-corrected chi connectivity index (χ2v) is 14.2. The Bertz CT molecular complexity index is 1520. The lowest BCUT2D eigenvalue weighted by molar-refractivity contribution is 0.489. The summed E-state index contributed by atoms with van der Waals surface area (Å²) in [5.41, 5.74) is 0. The first kappa shape index (κ1) is 24.1. The van der Waals surface area contributed by atoms with Crippen LogP contribution in [0.4, 0.5) is 0 Å². The van der Waals surface area contributed by atoms with Crippen molar-refractivity contribution in [2.24, 2.45) is 0 Å². The predicted molar refractivity (Wildman–Crippen MR) is 152 cm³/mol. The Morgan fingerprint density at radius 3 is 1.31 bits per heavy atom. The van der Waals surface area contributed by atoms with E-state index in [2.05, 4.69) is 0 Å². The maximum Gasteiger partial charge on any atom is 0.174 e. The normalized spacial score (nSPS) is 13.0. The molecule has 3 nitrogen and oxygen atoms in total. The maximum atomic E-state index is 15.0. The van der Waals surface area contributed by atoms with Gasteiger partial charge < -0.3 is 13.9 Å². The van der Waals surface area contributed by atoms with Crippen molar-refractivity contribution < 1.29 is 13.9 Å². The van der Waals surface area contributed by atoms with Gasteiger partial charge in [0.15, 0.2) is 7.14 Å². The molecule has 0 saturated heterocycles. The lowest BCUT2D eigenvalue weighted by Crippen LogP contribution is -2.26. The molecule has 0 radical (unpaired) electrons. The Morgan fingerprint density at radius 2 is 0.806 bits per heavy atom. The third-order valence-corrected chi connectivity index (χ3v) is 11.9. The van der Waals surface area contributed by atoms with Crippen molar-refractivity contribution in [3.63, 3.8) is 0 Å². The van der Waals surface area contributed by atoms with Crippen LogP contribution in [0, 0.1) is 0 Å². The molecule has 0 amide bonds. The van der Waals surface area contributed by atoms with Gasteiger partial charge in [0.2, 0.25) is 0 Å². The molecule has 0 aliphatic heterocycles. The molecule has 0 aromatic heterocycles. The van der Waals surface area contributed by atoms with Crippen molar-refractivity contribution >= 4 is 40.8 Å². The Morgan fingerprint density at radius 1 is 0.444 bits per heavy atom. The van der Waals surface area contributed by atoms with Gasteiger partial charge in [0.1, 0.15) is 18.6 Å². The Labute approximate surface area is 212 Å². The average molecular weight is 508 g/mol. The zero-order chi connectivity index (χ0) is 25.0. The molecular formula is C31H26O3P2. The Balaban J connectivity index is 1.66. The fourth-order valence-electron chi connectivity index (χ4n) is 4.37. The highest BCUT2D eigenvalue weighted by Crippen LogP contribution is 2.47. The van der Waals surface area contributed by atoms with Crippen molar-refractivity contribution in [3.8, 4) is 11.5 Å². The highest BCUT2D eigenvalue weighted by atomic mass is 31.2. The van der Waals surface area contributed by atoms with Gasteiger partial charge in [-0.05, 0) is 30.9 Å². The zero-order valence-electron chi connectivity index (χ0n) is 19.9.